The highest BCUT2D eigenvalue weighted by Crippen LogP contribution is 2.22. The van der Waals surface area contributed by atoms with Gasteiger partial charge in [-0.2, -0.15) is 0 Å². The number of benzene rings is 2. The summed E-state index contributed by atoms with van der Waals surface area (Å²) in [5, 5.41) is 6.98. The van der Waals surface area contributed by atoms with Crippen molar-refractivity contribution in [1.82, 2.24) is 0 Å². The third kappa shape index (κ3) is 3.62. The number of rotatable bonds is 3. The lowest BCUT2D eigenvalue weighted by molar-refractivity contribution is -0.125. The maximum Gasteiger partial charge on any atom is 0.268 e. The number of amides is 1. The van der Waals surface area contributed by atoms with Gasteiger partial charge in [0.15, 0.2) is 0 Å². The molecule has 0 bridgehead atoms. The van der Waals surface area contributed by atoms with E-state index >= 15 is 0 Å². The van der Waals surface area contributed by atoms with E-state index in [4.69, 9.17) is 4.84 Å². The van der Waals surface area contributed by atoms with Gasteiger partial charge < -0.3 is 10.2 Å². The molecule has 0 fully saturated rings. The van der Waals surface area contributed by atoms with E-state index in [0.29, 0.717) is 6.42 Å². The van der Waals surface area contributed by atoms with Crippen LogP contribution in [0.3, 0.4) is 0 Å². The molecule has 3 rings (SSSR count). The Morgan fingerprint density at radius 2 is 2.09 bits per heavy atom. The molecule has 0 saturated heterocycles. The topological polar surface area (TPSA) is 50.7 Å². The number of carbonyl (C=O) groups is 1. The van der Waals surface area contributed by atoms with E-state index in [1.807, 2.05) is 56.3 Å². The molecule has 1 atom stereocenters. The van der Waals surface area contributed by atoms with E-state index in [-0.39, 0.29) is 5.91 Å². The molecule has 23 heavy (non-hydrogen) atoms. The van der Waals surface area contributed by atoms with Gasteiger partial charge in [0.05, 0.1) is 5.71 Å². The number of nitrogens with one attached hydrogen (secondary N) is 1. The zero-order valence-electron chi connectivity index (χ0n) is 13.0. The second-order valence-corrected chi connectivity index (χ2v) is 6.57. The van der Waals surface area contributed by atoms with Gasteiger partial charge in [-0.25, -0.2) is 0 Å². The third-order valence-electron chi connectivity index (χ3n) is 3.76. The number of oxime groups is 1. The number of nitrogens with zero attached hydrogens (tertiary/aromatic N) is 1. The Balaban J connectivity index is 1.67. The van der Waals surface area contributed by atoms with Crippen molar-refractivity contribution in [3.05, 3.63) is 63.6 Å². The normalized spacial score (nSPS) is 16.7. The smallest absolute Gasteiger partial charge is 0.268 e. The standard InChI is InChI=1S/C18H17BrN2O2/c1-11-6-7-15(12(2)8-11)20-18(22)17-10-16(21-23-17)13-4-3-5-14(19)9-13/h3-9,17H,10H2,1-2H3,(H,20,22). The molecule has 0 spiro atoms. The van der Waals surface area contributed by atoms with Crippen molar-refractivity contribution in [2.45, 2.75) is 26.4 Å². The maximum atomic E-state index is 12.4. The highest BCUT2D eigenvalue weighted by molar-refractivity contribution is 9.10. The van der Waals surface area contributed by atoms with Crippen molar-refractivity contribution in [2.24, 2.45) is 5.16 Å². The van der Waals surface area contributed by atoms with Gasteiger partial charge in [0.25, 0.3) is 5.91 Å². The van der Waals surface area contributed by atoms with Crippen LogP contribution in [-0.2, 0) is 9.63 Å². The molecule has 0 aliphatic carbocycles. The van der Waals surface area contributed by atoms with Crippen LogP contribution in [0.1, 0.15) is 23.1 Å². The third-order valence-corrected chi connectivity index (χ3v) is 4.25. The van der Waals surface area contributed by atoms with E-state index < -0.39 is 6.10 Å². The Hall–Kier alpha value is -2.14. The minimum absolute atomic E-state index is 0.175. The molecule has 2 aromatic carbocycles. The Morgan fingerprint density at radius 1 is 1.26 bits per heavy atom. The first-order chi connectivity index (χ1) is 11.0. The predicted molar refractivity (Wildman–Crippen MR) is 94.7 cm³/mol. The molecule has 0 aromatic heterocycles. The summed E-state index contributed by atoms with van der Waals surface area (Å²) in [5.74, 6) is -0.175. The quantitative estimate of drug-likeness (QED) is 0.877. The van der Waals surface area contributed by atoms with E-state index in [0.717, 1.165) is 32.6 Å². The number of halogens is 1. The Labute approximate surface area is 143 Å². The van der Waals surface area contributed by atoms with E-state index in [9.17, 15) is 4.79 Å². The summed E-state index contributed by atoms with van der Waals surface area (Å²) in [6.45, 7) is 4.00. The van der Waals surface area contributed by atoms with Crippen molar-refractivity contribution < 1.29 is 9.63 Å². The molecule has 1 unspecified atom stereocenters. The number of carbonyl (C=O) groups excluding carboxylic acids is 1. The second-order valence-electron chi connectivity index (χ2n) is 5.65. The summed E-state index contributed by atoms with van der Waals surface area (Å²) in [6.07, 6.45) is -0.127. The molecule has 1 N–H and O–H groups in total. The lowest BCUT2D eigenvalue weighted by Gasteiger charge is -2.12. The number of anilines is 1. The summed E-state index contributed by atoms with van der Waals surface area (Å²) >= 11 is 3.44. The molecular formula is C18H17BrN2O2. The van der Waals surface area contributed by atoms with Gasteiger partial charge in [0.1, 0.15) is 0 Å². The highest BCUT2D eigenvalue weighted by Gasteiger charge is 2.29. The second kappa shape index (κ2) is 6.54. The van der Waals surface area contributed by atoms with Gasteiger partial charge in [0.2, 0.25) is 6.10 Å². The zero-order chi connectivity index (χ0) is 16.4. The molecule has 4 nitrogen and oxygen atoms in total. The van der Waals surface area contributed by atoms with E-state index in [2.05, 4.69) is 26.4 Å². The SMILES string of the molecule is Cc1ccc(NC(=O)C2CC(c3cccc(Br)c3)=NO2)c(C)c1. The van der Waals surface area contributed by atoms with Crippen LogP contribution in [0.5, 0.6) is 0 Å². The van der Waals surface area contributed by atoms with Crippen LogP contribution in [0, 0.1) is 13.8 Å². The Bertz CT molecular complexity index is 786. The van der Waals surface area contributed by atoms with Gasteiger partial charge in [0, 0.05) is 22.1 Å². The molecule has 0 radical (unpaired) electrons. The van der Waals surface area contributed by atoms with Gasteiger partial charge >= 0.3 is 0 Å². The molecule has 5 heteroatoms. The minimum atomic E-state index is -0.593. The summed E-state index contributed by atoms with van der Waals surface area (Å²) in [7, 11) is 0. The molecular weight excluding hydrogens is 356 g/mol. The van der Waals surface area contributed by atoms with Crippen molar-refractivity contribution in [3.63, 3.8) is 0 Å². The number of hydrogen-bond acceptors (Lipinski definition) is 3. The van der Waals surface area contributed by atoms with E-state index in [1.165, 1.54) is 0 Å². The van der Waals surface area contributed by atoms with Crippen LogP contribution in [0.15, 0.2) is 52.1 Å². The lowest BCUT2D eigenvalue weighted by Crippen LogP contribution is -2.28. The lowest BCUT2D eigenvalue weighted by atomic mass is 10.0. The molecule has 2 aromatic rings. The fourth-order valence-electron chi connectivity index (χ4n) is 2.52. The van der Waals surface area contributed by atoms with Crippen LogP contribution >= 0.6 is 15.9 Å². The van der Waals surface area contributed by atoms with Crippen LogP contribution < -0.4 is 5.32 Å². The predicted octanol–water partition coefficient (Wildman–Crippen LogP) is 4.20. The van der Waals surface area contributed by atoms with Crippen LogP contribution in [0.4, 0.5) is 5.69 Å². The Kier molecular flexibility index (Phi) is 4.48. The largest absolute Gasteiger partial charge is 0.382 e. The fourth-order valence-corrected chi connectivity index (χ4v) is 2.92. The van der Waals surface area contributed by atoms with Gasteiger partial charge in [-0.3, -0.25) is 4.79 Å². The summed E-state index contributed by atoms with van der Waals surface area (Å²) in [5.41, 5.74) is 4.75. The van der Waals surface area contributed by atoms with Gasteiger partial charge in [-0.15, -0.1) is 0 Å². The first-order valence-electron chi connectivity index (χ1n) is 7.39. The molecule has 1 amide bonds. The van der Waals surface area contributed by atoms with Crippen molar-refractivity contribution in [2.75, 3.05) is 5.32 Å². The molecule has 1 heterocycles. The van der Waals surface area contributed by atoms with Crippen molar-refractivity contribution >= 4 is 33.2 Å². The molecule has 0 saturated carbocycles. The average Bonchev–Trinajstić information content (AvgIpc) is 3.00. The number of aryl methyl sites for hydroxylation is 2. The molecule has 1 aliphatic heterocycles. The van der Waals surface area contributed by atoms with Crippen molar-refractivity contribution in [3.8, 4) is 0 Å². The first kappa shape index (κ1) is 15.7. The maximum absolute atomic E-state index is 12.4. The first-order valence-corrected chi connectivity index (χ1v) is 8.19. The Morgan fingerprint density at radius 3 is 2.83 bits per heavy atom. The summed E-state index contributed by atoms with van der Waals surface area (Å²) in [6, 6.07) is 13.7. The monoisotopic (exact) mass is 372 g/mol. The summed E-state index contributed by atoms with van der Waals surface area (Å²) < 4.78 is 0.973. The fraction of sp³-hybridized carbons (Fsp3) is 0.222. The average molecular weight is 373 g/mol. The van der Waals surface area contributed by atoms with Crippen LogP contribution in [0.2, 0.25) is 0 Å². The van der Waals surface area contributed by atoms with Crippen LogP contribution in [0.25, 0.3) is 0 Å². The van der Waals surface area contributed by atoms with Gasteiger partial charge in [-0.05, 0) is 37.6 Å². The number of hydrogen-bond donors (Lipinski definition) is 1. The minimum Gasteiger partial charge on any atom is -0.382 e. The van der Waals surface area contributed by atoms with Crippen molar-refractivity contribution in [1.29, 1.82) is 0 Å². The highest BCUT2D eigenvalue weighted by atomic mass is 79.9. The zero-order valence-corrected chi connectivity index (χ0v) is 14.6. The van der Waals surface area contributed by atoms with Gasteiger partial charge in [-0.1, -0.05) is 50.9 Å². The summed E-state index contributed by atoms with van der Waals surface area (Å²) in [4.78, 5) is 17.7. The van der Waals surface area contributed by atoms with Crippen LogP contribution in [-0.4, -0.2) is 17.7 Å². The molecule has 1 aliphatic rings. The molecule has 118 valence electrons. The van der Waals surface area contributed by atoms with E-state index in [1.54, 1.807) is 0 Å².